The molecule has 1 aromatic heterocycles. The first-order valence-corrected chi connectivity index (χ1v) is 9.36. The van der Waals surface area contributed by atoms with E-state index in [1.165, 1.54) is 5.56 Å². The lowest BCUT2D eigenvalue weighted by molar-refractivity contribution is -0.151. The van der Waals surface area contributed by atoms with Crippen molar-refractivity contribution in [1.82, 2.24) is 14.8 Å². The van der Waals surface area contributed by atoms with E-state index in [9.17, 15) is 4.79 Å². The number of hydrogen-bond donors (Lipinski definition) is 0. The molecule has 1 aromatic rings. The van der Waals surface area contributed by atoms with Crippen molar-refractivity contribution in [2.75, 3.05) is 46.0 Å². The average Bonchev–Trinajstić information content (AvgIpc) is 3.25. The van der Waals surface area contributed by atoms with Crippen LogP contribution in [0.2, 0.25) is 0 Å². The molecule has 6 nitrogen and oxygen atoms in total. The molecule has 1 spiro atoms. The van der Waals surface area contributed by atoms with Crippen LogP contribution < -0.4 is 0 Å². The molecule has 136 valence electrons. The predicted octanol–water partition coefficient (Wildman–Crippen LogP) is 1.31. The fourth-order valence-electron chi connectivity index (χ4n) is 4.29. The Labute approximate surface area is 149 Å². The van der Waals surface area contributed by atoms with Gasteiger partial charge in [0.2, 0.25) is 5.91 Å². The monoisotopic (exact) mass is 345 g/mol. The van der Waals surface area contributed by atoms with Gasteiger partial charge in [0.25, 0.3) is 0 Å². The fourth-order valence-corrected chi connectivity index (χ4v) is 4.29. The number of likely N-dealkylation sites (tertiary alicyclic amines) is 2. The number of amides is 1. The van der Waals surface area contributed by atoms with E-state index in [0.717, 1.165) is 58.6 Å². The Morgan fingerprint density at radius 1 is 1.36 bits per heavy atom. The molecule has 1 atom stereocenters. The second kappa shape index (κ2) is 7.40. The number of ether oxygens (including phenoxy) is 2. The normalized spacial score (nSPS) is 25.4. The highest BCUT2D eigenvalue weighted by Gasteiger charge is 2.52. The maximum Gasteiger partial charge on any atom is 0.248 e. The van der Waals surface area contributed by atoms with Gasteiger partial charge in [-0.05, 0) is 30.9 Å². The van der Waals surface area contributed by atoms with Crippen LogP contribution in [0.1, 0.15) is 24.8 Å². The molecule has 0 bridgehead atoms. The highest BCUT2D eigenvalue weighted by molar-refractivity contribution is 5.77. The van der Waals surface area contributed by atoms with Crippen molar-refractivity contribution >= 4 is 5.91 Å². The van der Waals surface area contributed by atoms with Crippen LogP contribution in [-0.4, -0.2) is 72.3 Å². The molecule has 3 fully saturated rings. The Morgan fingerprint density at radius 2 is 2.20 bits per heavy atom. The Kier molecular flexibility index (Phi) is 5.01. The van der Waals surface area contributed by atoms with Crippen molar-refractivity contribution in [1.29, 1.82) is 0 Å². The Morgan fingerprint density at radius 3 is 2.96 bits per heavy atom. The van der Waals surface area contributed by atoms with Gasteiger partial charge in [-0.3, -0.25) is 14.7 Å². The molecule has 25 heavy (non-hydrogen) atoms. The summed E-state index contributed by atoms with van der Waals surface area (Å²) < 4.78 is 11.9. The second-order valence-electron chi connectivity index (χ2n) is 7.51. The van der Waals surface area contributed by atoms with E-state index in [1.807, 2.05) is 17.2 Å². The summed E-state index contributed by atoms with van der Waals surface area (Å²) in [7, 11) is 0. The van der Waals surface area contributed by atoms with Gasteiger partial charge in [-0.25, -0.2) is 0 Å². The third-order valence-electron chi connectivity index (χ3n) is 5.71. The number of carbonyl (C=O) groups is 1. The molecule has 0 unspecified atom stereocenters. The summed E-state index contributed by atoms with van der Waals surface area (Å²) in [6.07, 6.45) is 7.00. The van der Waals surface area contributed by atoms with E-state index in [2.05, 4.69) is 16.0 Å². The molecule has 3 aliphatic heterocycles. The molecule has 0 radical (unpaired) electrons. The van der Waals surface area contributed by atoms with E-state index in [-0.39, 0.29) is 18.1 Å². The number of pyridine rings is 1. The van der Waals surface area contributed by atoms with Gasteiger partial charge in [0.1, 0.15) is 6.61 Å². The minimum Gasteiger partial charge on any atom is -0.372 e. The highest BCUT2D eigenvalue weighted by Crippen LogP contribution is 2.40. The van der Waals surface area contributed by atoms with E-state index >= 15 is 0 Å². The zero-order chi connectivity index (χ0) is 17.1. The first kappa shape index (κ1) is 16.9. The number of rotatable bonds is 6. The second-order valence-corrected chi connectivity index (χ2v) is 7.51. The first-order valence-electron chi connectivity index (χ1n) is 9.36. The quantitative estimate of drug-likeness (QED) is 0.778. The predicted molar refractivity (Wildman–Crippen MR) is 92.9 cm³/mol. The molecule has 0 saturated carbocycles. The topological polar surface area (TPSA) is 54.9 Å². The van der Waals surface area contributed by atoms with Crippen molar-refractivity contribution in [3.8, 4) is 0 Å². The lowest BCUT2D eigenvalue weighted by Gasteiger charge is -2.50. The largest absolute Gasteiger partial charge is 0.372 e. The summed E-state index contributed by atoms with van der Waals surface area (Å²) >= 11 is 0. The third-order valence-corrected chi connectivity index (χ3v) is 5.71. The number of hydrogen-bond acceptors (Lipinski definition) is 5. The van der Waals surface area contributed by atoms with Crippen molar-refractivity contribution in [2.45, 2.75) is 31.4 Å². The van der Waals surface area contributed by atoms with Crippen LogP contribution in [0.15, 0.2) is 24.5 Å². The maximum absolute atomic E-state index is 12.1. The fraction of sp³-hybridized carbons (Fsp3) is 0.684. The average molecular weight is 345 g/mol. The highest BCUT2D eigenvalue weighted by atomic mass is 16.5. The molecular weight excluding hydrogens is 318 g/mol. The molecule has 0 aromatic carbocycles. The molecule has 6 heteroatoms. The SMILES string of the molecule is O=C(COC[C@H]1CCOC12CN(Cc1cccnc1)C2)N1CCCC1. The summed E-state index contributed by atoms with van der Waals surface area (Å²) in [5.41, 5.74) is 1.16. The number of nitrogens with zero attached hydrogens (tertiary/aromatic N) is 3. The molecule has 3 aliphatic rings. The van der Waals surface area contributed by atoms with Crippen LogP contribution in [0.25, 0.3) is 0 Å². The molecular formula is C19H27N3O3. The summed E-state index contributed by atoms with van der Waals surface area (Å²) in [4.78, 5) is 20.6. The molecule has 0 N–H and O–H groups in total. The standard InChI is InChI=1S/C19H27N3O3/c23-18(22-7-1-2-8-22)13-24-12-17-5-9-25-19(17)14-21(15-19)11-16-4-3-6-20-10-16/h3-4,6,10,17H,1-2,5,7-9,11-15H2/t17-/m1/s1. The zero-order valence-corrected chi connectivity index (χ0v) is 14.7. The van der Waals surface area contributed by atoms with Crippen LogP contribution in [0.4, 0.5) is 0 Å². The lowest BCUT2D eigenvalue weighted by atomic mass is 9.81. The van der Waals surface area contributed by atoms with E-state index in [0.29, 0.717) is 12.5 Å². The Bertz CT molecular complexity index is 583. The molecule has 4 heterocycles. The summed E-state index contributed by atoms with van der Waals surface area (Å²) in [6, 6.07) is 4.09. The first-order chi connectivity index (χ1) is 12.3. The zero-order valence-electron chi connectivity index (χ0n) is 14.7. The van der Waals surface area contributed by atoms with E-state index in [1.54, 1.807) is 6.20 Å². The van der Waals surface area contributed by atoms with Gasteiger partial charge in [0, 0.05) is 57.6 Å². The molecule has 1 amide bonds. The van der Waals surface area contributed by atoms with Crippen LogP contribution in [0, 0.1) is 5.92 Å². The Balaban J connectivity index is 1.22. The summed E-state index contributed by atoms with van der Waals surface area (Å²) in [6.45, 7) is 6.22. The molecule has 4 rings (SSSR count). The van der Waals surface area contributed by atoms with Crippen molar-refractivity contribution in [3.63, 3.8) is 0 Å². The van der Waals surface area contributed by atoms with Crippen LogP contribution in [0.3, 0.4) is 0 Å². The van der Waals surface area contributed by atoms with Crippen molar-refractivity contribution in [2.24, 2.45) is 5.92 Å². The van der Waals surface area contributed by atoms with E-state index < -0.39 is 0 Å². The smallest absolute Gasteiger partial charge is 0.248 e. The van der Waals surface area contributed by atoms with Gasteiger partial charge in [0.05, 0.1) is 12.2 Å². The van der Waals surface area contributed by atoms with Gasteiger partial charge in [-0.1, -0.05) is 6.07 Å². The van der Waals surface area contributed by atoms with Crippen LogP contribution >= 0.6 is 0 Å². The molecule has 3 saturated heterocycles. The van der Waals surface area contributed by atoms with Gasteiger partial charge in [-0.15, -0.1) is 0 Å². The minimum absolute atomic E-state index is 0.0705. The summed E-state index contributed by atoms with van der Waals surface area (Å²) in [5, 5.41) is 0. The Hall–Kier alpha value is -1.50. The molecule has 0 aliphatic carbocycles. The lowest BCUT2D eigenvalue weighted by Crippen LogP contribution is -2.64. The van der Waals surface area contributed by atoms with Gasteiger partial charge >= 0.3 is 0 Å². The van der Waals surface area contributed by atoms with E-state index in [4.69, 9.17) is 9.47 Å². The van der Waals surface area contributed by atoms with Crippen LogP contribution in [-0.2, 0) is 20.8 Å². The third kappa shape index (κ3) is 3.71. The van der Waals surface area contributed by atoms with Gasteiger partial charge in [-0.2, -0.15) is 0 Å². The number of aromatic nitrogens is 1. The van der Waals surface area contributed by atoms with Crippen molar-refractivity contribution < 1.29 is 14.3 Å². The van der Waals surface area contributed by atoms with Gasteiger partial charge < -0.3 is 14.4 Å². The summed E-state index contributed by atoms with van der Waals surface area (Å²) in [5.74, 6) is 0.529. The number of carbonyl (C=O) groups excluding carboxylic acids is 1. The van der Waals surface area contributed by atoms with Crippen LogP contribution in [0.5, 0.6) is 0 Å². The van der Waals surface area contributed by atoms with Crippen molar-refractivity contribution in [3.05, 3.63) is 30.1 Å². The van der Waals surface area contributed by atoms with Gasteiger partial charge in [0.15, 0.2) is 0 Å². The minimum atomic E-state index is -0.0705. The maximum atomic E-state index is 12.1.